The maximum Gasteiger partial charge on any atom is 0.276 e. The predicted octanol–water partition coefficient (Wildman–Crippen LogP) is 5.70. The van der Waals surface area contributed by atoms with Crippen LogP contribution >= 0.6 is 23.2 Å². The number of hydrogen-bond acceptors (Lipinski definition) is 7. The van der Waals surface area contributed by atoms with Gasteiger partial charge in [-0.1, -0.05) is 23.2 Å². The minimum Gasteiger partial charge on any atom is -0.495 e. The molecule has 0 radical (unpaired) electrons. The van der Waals surface area contributed by atoms with Gasteiger partial charge in [-0.25, -0.2) is 8.99 Å². The first-order valence-corrected chi connectivity index (χ1v) is 13.0. The number of rotatable bonds is 7. The molecular weight excluding hydrogens is 513 g/mol. The Morgan fingerprint density at radius 2 is 1.89 bits per heavy atom. The molecule has 2 unspecified atom stereocenters. The van der Waals surface area contributed by atoms with Crippen LogP contribution in [0.5, 0.6) is 11.5 Å². The zero-order valence-electron chi connectivity index (χ0n) is 18.9. The summed E-state index contributed by atoms with van der Waals surface area (Å²) in [4.78, 5) is 17.3. The molecule has 35 heavy (non-hydrogen) atoms. The summed E-state index contributed by atoms with van der Waals surface area (Å²) in [6, 6.07) is 9.71. The number of H-pyrrole nitrogens is 1. The maximum absolute atomic E-state index is 13.1. The van der Waals surface area contributed by atoms with Gasteiger partial charge in [0.2, 0.25) is 0 Å². The van der Waals surface area contributed by atoms with E-state index in [0.717, 1.165) is 0 Å². The number of pyridine rings is 1. The van der Waals surface area contributed by atoms with E-state index in [9.17, 15) is 9.00 Å². The van der Waals surface area contributed by atoms with Crippen molar-refractivity contribution in [3.63, 3.8) is 0 Å². The van der Waals surface area contributed by atoms with E-state index in [1.54, 1.807) is 18.2 Å². The SMILES string of the molecule is COc1cc(S(C)(=N)=O)ccc1NC(=O)c1n[nH]c2ccc(OC(C)c3c(Cl)cncc3Cl)cc12. The smallest absolute Gasteiger partial charge is 0.276 e. The minimum absolute atomic E-state index is 0.143. The summed E-state index contributed by atoms with van der Waals surface area (Å²) in [5, 5.41) is 11.0. The van der Waals surface area contributed by atoms with Crippen LogP contribution in [-0.2, 0) is 9.73 Å². The molecule has 3 N–H and O–H groups in total. The molecule has 9 nitrogen and oxygen atoms in total. The molecule has 0 spiro atoms. The number of carbonyl (C=O) groups is 1. The summed E-state index contributed by atoms with van der Waals surface area (Å²) in [5.74, 6) is 0.275. The van der Waals surface area contributed by atoms with E-state index < -0.39 is 21.7 Å². The van der Waals surface area contributed by atoms with Crippen LogP contribution in [-0.4, -0.2) is 38.7 Å². The van der Waals surface area contributed by atoms with Gasteiger partial charge < -0.3 is 14.8 Å². The Hall–Kier alpha value is -3.34. The van der Waals surface area contributed by atoms with Crippen LogP contribution in [0.2, 0.25) is 10.0 Å². The molecule has 0 aliphatic rings. The zero-order valence-corrected chi connectivity index (χ0v) is 21.2. The number of benzene rings is 2. The minimum atomic E-state index is -2.94. The van der Waals surface area contributed by atoms with E-state index in [1.807, 2.05) is 6.92 Å². The lowest BCUT2D eigenvalue weighted by Crippen LogP contribution is -2.14. The second kappa shape index (κ2) is 9.73. The number of halogens is 2. The van der Waals surface area contributed by atoms with Crippen LogP contribution in [0.3, 0.4) is 0 Å². The highest BCUT2D eigenvalue weighted by molar-refractivity contribution is 7.91. The number of nitrogens with zero attached hydrogens (tertiary/aromatic N) is 2. The fourth-order valence-electron chi connectivity index (χ4n) is 3.51. The number of nitrogens with one attached hydrogen (secondary N) is 3. The van der Waals surface area contributed by atoms with E-state index in [-0.39, 0.29) is 11.4 Å². The average molecular weight is 534 g/mol. The first-order valence-electron chi connectivity index (χ1n) is 10.3. The van der Waals surface area contributed by atoms with E-state index in [0.29, 0.717) is 42.8 Å². The van der Waals surface area contributed by atoms with Crippen LogP contribution < -0.4 is 14.8 Å². The fourth-order valence-corrected chi connectivity index (χ4v) is 4.84. The number of ether oxygens (including phenoxy) is 2. The number of hydrogen-bond donors (Lipinski definition) is 3. The predicted molar refractivity (Wildman–Crippen MR) is 135 cm³/mol. The molecule has 0 saturated carbocycles. The number of aromatic amines is 1. The zero-order chi connectivity index (χ0) is 25.3. The number of anilines is 1. The Labute approximate surface area is 211 Å². The van der Waals surface area contributed by atoms with Crippen LogP contribution in [0.15, 0.2) is 53.7 Å². The first kappa shape index (κ1) is 24.8. The Kier molecular flexibility index (Phi) is 6.88. The lowest BCUT2D eigenvalue weighted by Gasteiger charge is -2.17. The number of methoxy groups -OCH3 is 1. The normalized spacial score (nSPS) is 13.7. The maximum atomic E-state index is 13.1. The summed E-state index contributed by atoms with van der Waals surface area (Å²) in [5.41, 5.74) is 1.73. The van der Waals surface area contributed by atoms with Gasteiger partial charge in [-0.05, 0) is 43.3 Å². The van der Waals surface area contributed by atoms with Crippen molar-refractivity contribution in [2.45, 2.75) is 17.9 Å². The Balaban J connectivity index is 1.61. The van der Waals surface area contributed by atoms with Crippen molar-refractivity contribution >= 4 is 55.4 Å². The summed E-state index contributed by atoms with van der Waals surface area (Å²) in [7, 11) is -1.51. The monoisotopic (exact) mass is 533 g/mol. The lowest BCUT2D eigenvalue weighted by molar-refractivity contribution is 0.102. The van der Waals surface area contributed by atoms with Crippen LogP contribution in [0, 0.1) is 4.78 Å². The van der Waals surface area contributed by atoms with Gasteiger partial charge >= 0.3 is 0 Å². The fraction of sp³-hybridized carbons (Fsp3) is 0.174. The molecule has 0 fully saturated rings. The summed E-state index contributed by atoms with van der Waals surface area (Å²) in [6.07, 6.45) is 3.82. The van der Waals surface area contributed by atoms with Gasteiger partial charge in [-0.2, -0.15) is 5.10 Å². The molecule has 1 amide bonds. The Morgan fingerprint density at radius 1 is 1.17 bits per heavy atom. The quantitative estimate of drug-likeness (QED) is 0.279. The van der Waals surface area contributed by atoms with Crippen molar-refractivity contribution in [2.75, 3.05) is 18.7 Å². The molecule has 2 heterocycles. The molecule has 0 aliphatic carbocycles. The van der Waals surface area contributed by atoms with Gasteiger partial charge in [-0.15, -0.1) is 0 Å². The number of fused-ring (bicyclic) bond motifs is 1. The lowest BCUT2D eigenvalue weighted by atomic mass is 10.1. The van der Waals surface area contributed by atoms with Gasteiger partial charge in [0.05, 0.1) is 43.0 Å². The standard InChI is InChI=1S/C23H21Cl2N5O4S/c1-12(21-16(24)10-27-11-17(21)25)34-13-4-6-18-15(8-13)22(30-29-18)23(31)28-19-7-5-14(35(3,26)32)9-20(19)33-2/h4-12,26H,1-3H3,(H,28,31)(H,29,30). The average Bonchev–Trinajstić information content (AvgIpc) is 3.22. The number of aromatic nitrogens is 3. The van der Waals surface area contributed by atoms with Crippen molar-refractivity contribution < 1.29 is 18.5 Å². The molecule has 12 heteroatoms. The highest BCUT2D eigenvalue weighted by Crippen LogP contribution is 2.34. The van der Waals surface area contributed by atoms with Crippen molar-refractivity contribution in [3.05, 3.63) is 70.1 Å². The molecule has 2 aromatic carbocycles. The van der Waals surface area contributed by atoms with Crippen LogP contribution in [0.25, 0.3) is 10.9 Å². The molecule has 4 rings (SSSR count). The summed E-state index contributed by atoms with van der Waals surface area (Å²) in [6.45, 7) is 1.81. The largest absolute Gasteiger partial charge is 0.495 e. The Morgan fingerprint density at radius 3 is 2.54 bits per heavy atom. The summed E-state index contributed by atoms with van der Waals surface area (Å²) < 4.78 is 31.1. The molecule has 0 saturated heterocycles. The highest BCUT2D eigenvalue weighted by atomic mass is 35.5. The van der Waals surface area contributed by atoms with Gasteiger partial charge in [0, 0.05) is 29.6 Å². The van der Waals surface area contributed by atoms with E-state index in [1.165, 1.54) is 44.0 Å². The number of carbonyl (C=O) groups excluding carboxylic acids is 1. The van der Waals surface area contributed by atoms with E-state index in [4.69, 9.17) is 37.5 Å². The van der Waals surface area contributed by atoms with Crippen LogP contribution in [0.4, 0.5) is 5.69 Å². The van der Waals surface area contributed by atoms with Crippen molar-refractivity contribution in [2.24, 2.45) is 0 Å². The molecule has 2 atom stereocenters. The highest BCUT2D eigenvalue weighted by Gasteiger charge is 2.20. The van der Waals surface area contributed by atoms with Crippen molar-refractivity contribution in [3.8, 4) is 11.5 Å². The summed E-state index contributed by atoms with van der Waals surface area (Å²) >= 11 is 12.5. The molecule has 4 aromatic rings. The van der Waals surface area contributed by atoms with Gasteiger partial charge in [-0.3, -0.25) is 14.9 Å². The Bertz CT molecular complexity index is 1520. The molecule has 0 aliphatic heterocycles. The van der Waals surface area contributed by atoms with Gasteiger partial charge in [0.25, 0.3) is 5.91 Å². The van der Waals surface area contributed by atoms with Gasteiger partial charge in [0.15, 0.2) is 5.69 Å². The second-order valence-corrected chi connectivity index (χ2v) is 10.7. The first-order chi connectivity index (χ1) is 16.6. The van der Waals surface area contributed by atoms with Crippen molar-refractivity contribution in [1.29, 1.82) is 4.78 Å². The van der Waals surface area contributed by atoms with E-state index in [2.05, 4.69) is 20.5 Å². The third-order valence-corrected chi connectivity index (χ3v) is 6.99. The molecule has 0 bridgehead atoms. The molecule has 2 aromatic heterocycles. The van der Waals surface area contributed by atoms with E-state index >= 15 is 0 Å². The number of amides is 1. The molecular formula is C23H21Cl2N5O4S. The van der Waals surface area contributed by atoms with Gasteiger partial charge in [0.1, 0.15) is 17.6 Å². The second-order valence-electron chi connectivity index (χ2n) is 7.72. The topological polar surface area (TPSA) is 130 Å². The van der Waals surface area contributed by atoms with Crippen molar-refractivity contribution in [1.82, 2.24) is 15.2 Å². The third kappa shape index (κ3) is 5.19. The third-order valence-electron chi connectivity index (χ3n) is 5.23. The van der Waals surface area contributed by atoms with Crippen LogP contribution in [0.1, 0.15) is 29.1 Å². The molecule has 182 valence electrons.